The number of carbonyl (C=O) groups excluding carboxylic acids is 1. The third-order valence-electron chi connectivity index (χ3n) is 2.75. The summed E-state index contributed by atoms with van der Waals surface area (Å²) in [5, 5.41) is 3.53. The third-order valence-corrected chi connectivity index (χ3v) is 3.76. The van der Waals surface area contributed by atoms with Crippen LogP contribution < -0.4 is 10.1 Å². The number of nitrogens with one attached hydrogen (secondary N) is 1. The Balaban J connectivity index is 1.76. The van der Waals surface area contributed by atoms with Crippen LogP contribution in [-0.4, -0.2) is 15.9 Å². The maximum atomic E-state index is 11.1. The van der Waals surface area contributed by atoms with E-state index in [0.717, 1.165) is 15.2 Å². The Morgan fingerprint density at radius 2 is 2.14 bits per heavy atom. The molecule has 0 radical (unpaired) electrons. The van der Waals surface area contributed by atoms with E-state index in [1.54, 1.807) is 29.7 Å². The SMILES string of the molecule is CC(=O)Nc1ncccc1OCc1nc2ccccc2s1. The first kappa shape index (κ1) is 13.5. The smallest absolute Gasteiger partial charge is 0.222 e. The largest absolute Gasteiger partial charge is 0.483 e. The summed E-state index contributed by atoms with van der Waals surface area (Å²) < 4.78 is 6.85. The number of ether oxygens (including phenoxy) is 1. The van der Waals surface area contributed by atoms with E-state index < -0.39 is 0 Å². The molecule has 2 aromatic heterocycles. The predicted molar refractivity (Wildman–Crippen MR) is 82.5 cm³/mol. The van der Waals surface area contributed by atoms with E-state index in [0.29, 0.717) is 18.2 Å². The van der Waals surface area contributed by atoms with Crippen LogP contribution in [-0.2, 0) is 11.4 Å². The van der Waals surface area contributed by atoms with Crippen LogP contribution in [0.25, 0.3) is 10.2 Å². The molecule has 1 amide bonds. The summed E-state index contributed by atoms with van der Waals surface area (Å²) in [6.07, 6.45) is 1.61. The fourth-order valence-corrected chi connectivity index (χ4v) is 2.77. The van der Waals surface area contributed by atoms with Crippen LogP contribution in [0.2, 0.25) is 0 Å². The maximum Gasteiger partial charge on any atom is 0.222 e. The monoisotopic (exact) mass is 299 g/mol. The highest BCUT2D eigenvalue weighted by atomic mass is 32.1. The number of hydrogen-bond donors (Lipinski definition) is 1. The van der Waals surface area contributed by atoms with Crippen LogP contribution in [0.4, 0.5) is 5.82 Å². The fraction of sp³-hybridized carbons (Fsp3) is 0.133. The Morgan fingerprint density at radius 1 is 1.29 bits per heavy atom. The van der Waals surface area contributed by atoms with Gasteiger partial charge in [0.15, 0.2) is 11.6 Å². The van der Waals surface area contributed by atoms with Gasteiger partial charge in [-0.05, 0) is 24.3 Å². The second kappa shape index (κ2) is 5.88. The van der Waals surface area contributed by atoms with Crippen LogP contribution in [0.1, 0.15) is 11.9 Å². The van der Waals surface area contributed by atoms with Crippen molar-refractivity contribution in [1.82, 2.24) is 9.97 Å². The first-order valence-electron chi connectivity index (χ1n) is 6.42. The highest BCUT2D eigenvalue weighted by molar-refractivity contribution is 7.18. The van der Waals surface area contributed by atoms with Crippen molar-refractivity contribution in [2.75, 3.05) is 5.32 Å². The molecule has 5 nitrogen and oxygen atoms in total. The molecule has 3 aromatic rings. The van der Waals surface area contributed by atoms with Crippen molar-refractivity contribution >= 4 is 33.3 Å². The lowest BCUT2D eigenvalue weighted by molar-refractivity contribution is -0.114. The molecule has 0 aliphatic rings. The fourth-order valence-electron chi connectivity index (χ4n) is 1.89. The standard InChI is InChI=1S/C15H13N3O2S/c1-10(19)17-15-12(6-4-8-16-15)20-9-14-18-11-5-2-3-7-13(11)21-14/h2-8H,9H2,1H3,(H,16,17,19). The van der Waals surface area contributed by atoms with E-state index in [1.165, 1.54) is 6.92 Å². The molecule has 3 rings (SSSR count). The zero-order valence-corrected chi connectivity index (χ0v) is 12.2. The molecule has 1 aromatic carbocycles. The zero-order chi connectivity index (χ0) is 14.7. The van der Waals surface area contributed by atoms with Gasteiger partial charge >= 0.3 is 0 Å². The number of aromatic nitrogens is 2. The number of nitrogens with zero attached hydrogens (tertiary/aromatic N) is 2. The lowest BCUT2D eigenvalue weighted by Gasteiger charge is -2.09. The summed E-state index contributed by atoms with van der Waals surface area (Å²) in [6, 6.07) is 11.5. The van der Waals surface area contributed by atoms with Crippen LogP contribution in [0.3, 0.4) is 0 Å². The molecule has 0 fully saturated rings. The molecule has 6 heteroatoms. The number of carbonyl (C=O) groups is 1. The molecule has 2 heterocycles. The zero-order valence-electron chi connectivity index (χ0n) is 11.4. The molecule has 0 aliphatic carbocycles. The number of benzene rings is 1. The Labute approximate surface area is 125 Å². The summed E-state index contributed by atoms with van der Waals surface area (Å²) in [4.78, 5) is 19.7. The van der Waals surface area contributed by atoms with Crippen molar-refractivity contribution in [3.8, 4) is 5.75 Å². The normalized spacial score (nSPS) is 10.5. The molecule has 21 heavy (non-hydrogen) atoms. The molecule has 106 valence electrons. The highest BCUT2D eigenvalue weighted by Crippen LogP contribution is 2.25. The van der Waals surface area contributed by atoms with Gasteiger partial charge in [-0.2, -0.15) is 0 Å². The van der Waals surface area contributed by atoms with Gasteiger partial charge in [0.2, 0.25) is 5.91 Å². The number of fused-ring (bicyclic) bond motifs is 1. The minimum atomic E-state index is -0.182. The molecule has 0 spiro atoms. The van der Waals surface area contributed by atoms with E-state index in [9.17, 15) is 4.79 Å². The first-order chi connectivity index (χ1) is 10.2. The van der Waals surface area contributed by atoms with E-state index in [-0.39, 0.29) is 5.91 Å². The molecular formula is C15H13N3O2S. The van der Waals surface area contributed by atoms with Crippen LogP contribution in [0, 0.1) is 0 Å². The van der Waals surface area contributed by atoms with Gasteiger partial charge < -0.3 is 10.1 Å². The minimum absolute atomic E-state index is 0.182. The molecule has 1 N–H and O–H groups in total. The predicted octanol–water partition coefficient (Wildman–Crippen LogP) is 3.23. The number of thiazole rings is 1. The molecule has 0 aliphatic heterocycles. The molecular weight excluding hydrogens is 286 g/mol. The average Bonchev–Trinajstić information content (AvgIpc) is 2.88. The summed E-state index contributed by atoms with van der Waals surface area (Å²) in [5.41, 5.74) is 0.967. The number of rotatable bonds is 4. The topological polar surface area (TPSA) is 64.1 Å². The second-order valence-corrected chi connectivity index (χ2v) is 5.51. The molecule has 0 saturated heterocycles. The van der Waals surface area contributed by atoms with Gasteiger partial charge in [-0.25, -0.2) is 9.97 Å². The Hall–Kier alpha value is -2.47. The van der Waals surface area contributed by atoms with E-state index in [1.807, 2.05) is 24.3 Å². The lowest BCUT2D eigenvalue weighted by atomic mass is 10.3. The summed E-state index contributed by atoms with van der Waals surface area (Å²) in [6.45, 7) is 1.78. The van der Waals surface area contributed by atoms with Crippen LogP contribution in [0.5, 0.6) is 5.75 Å². The van der Waals surface area contributed by atoms with Crippen molar-refractivity contribution in [2.45, 2.75) is 13.5 Å². The van der Waals surface area contributed by atoms with Crippen molar-refractivity contribution in [3.63, 3.8) is 0 Å². The Bertz CT molecular complexity index is 752. The van der Waals surface area contributed by atoms with Crippen molar-refractivity contribution in [1.29, 1.82) is 0 Å². The minimum Gasteiger partial charge on any atom is -0.483 e. The van der Waals surface area contributed by atoms with Gasteiger partial charge in [0.05, 0.1) is 10.2 Å². The first-order valence-corrected chi connectivity index (χ1v) is 7.24. The maximum absolute atomic E-state index is 11.1. The Kier molecular flexibility index (Phi) is 3.79. The third kappa shape index (κ3) is 3.17. The van der Waals surface area contributed by atoms with Gasteiger partial charge in [-0.15, -0.1) is 11.3 Å². The molecule has 0 unspecified atom stereocenters. The van der Waals surface area contributed by atoms with Crippen LogP contribution in [0.15, 0.2) is 42.6 Å². The van der Waals surface area contributed by atoms with Crippen molar-refractivity contribution in [3.05, 3.63) is 47.6 Å². The quantitative estimate of drug-likeness (QED) is 0.803. The summed E-state index contributed by atoms with van der Waals surface area (Å²) in [5.74, 6) is 0.775. The van der Waals surface area contributed by atoms with Gasteiger partial charge in [-0.3, -0.25) is 4.79 Å². The molecule has 0 bridgehead atoms. The van der Waals surface area contributed by atoms with Crippen molar-refractivity contribution < 1.29 is 9.53 Å². The van der Waals surface area contributed by atoms with Gasteiger partial charge in [0.1, 0.15) is 11.6 Å². The van der Waals surface area contributed by atoms with Gasteiger partial charge in [-0.1, -0.05) is 12.1 Å². The van der Waals surface area contributed by atoms with Gasteiger partial charge in [0, 0.05) is 13.1 Å². The average molecular weight is 299 g/mol. The number of pyridine rings is 1. The van der Waals surface area contributed by atoms with E-state index in [2.05, 4.69) is 15.3 Å². The van der Waals surface area contributed by atoms with E-state index in [4.69, 9.17) is 4.74 Å². The number of hydrogen-bond acceptors (Lipinski definition) is 5. The number of amides is 1. The highest BCUT2D eigenvalue weighted by Gasteiger charge is 2.08. The molecule has 0 saturated carbocycles. The van der Waals surface area contributed by atoms with Crippen molar-refractivity contribution in [2.24, 2.45) is 0 Å². The van der Waals surface area contributed by atoms with Gasteiger partial charge in [0.25, 0.3) is 0 Å². The number of anilines is 1. The second-order valence-electron chi connectivity index (χ2n) is 4.40. The molecule has 0 atom stereocenters. The summed E-state index contributed by atoms with van der Waals surface area (Å²) in [7, 11) is 0. The Morgan fingerprint density at radius 3 is 2.95 bits per heavy atom. The number of para-hydroxylation sites is 1. The lowest BCUT2D eigenvalue weighted by Crippen LogP contribution is -2.09. The van der Waals surface area contributed by atoms with E-state index >= 15 is 0 Å². The summed E-state index contributed by atoms with van der Waals surface area (Å²) >= 11 is 1.59. The van der Waals surface area contributed by atoms with Crippen LogP contribution >= 0.6 is 11.3 Å².